The molecule has 0 aromatic carbocycles. The minimum atomic E-state index is -4.03. The van der Waals surface area contributed by atoms with Gasteiger partial charge in [-0.1, -0.05) is 0 Å². The van der Waals surface area contributed by atoms with Crippen LogP contribution < -0.4 is 9.44 Å². The first-order valence-electron chi connectivity index (χ1n) is 5.17. The number of carboxylic acids is 1. The summed E-state index contributed by atoms with van der Waals surface area (Å²) in [5.41, 5.74) is 0.582. The number of hydrogen-bond acceptors (Lipinski definition) is 6. The lowest BCUT2D eigenvalue weighted by Gasteiger charge is -2.06. The van der Waals surface area contributed by atoms with E-state index in [1.54, 1.807) is 16.2 Å². The van der Waals surface area contributed by atoms with Gasteiger partial charge in [0.2, 0.25) is 0 Å². The van der Waals surface area contributed by atoms with Crippen molar-refractivity contribution >= 4 is 39.7 Å². The predicted molar refractivity (Wildman–Crippen MR) is 72.3 cm³/mol. The van der Waals surface area contributed by atoms with Crippen LogP contribution in [-0.4, -0.2) is 32.7 Å². The molecule has 8 nitrogen and oxygen atoms in total. The minimum absolute atomic E-state index is 0.0801. The van der Waals surface area contributed by atoms with Crippen LogP contribution in [0.15, 0.2) is 17.5 Å². The summed E-state index contributed by atoms with van der Waals surface area (Å²) in [6.45, 7) is -0.0801. The number of aliphatic carboxylic acids is 1. The lowest BCUT2D eigenvalue weighted by atomic mass is 10.2. The Bertz CT molecular complexity index is 619. The highest BCUT2D eigenvalue weighted by atomic mass is 32.2. The molecule has 1 heterocycles. The molecule has 0 aliphatic heterocycles. The number of thiophene rings is 1. The number of nitrogens with one attached hydrogen (secondary N) is 2. The largest absolute Gasteiger partial charge is 0.478 e. The van der Waals surface area contributed by atoms with E-state index in [-0.39, 0.29) is 6.54 Å². The first-order chi connectivity index (χ1) is 9.34. The maximum absolute atomic E-state index is 11.4. The number of carboxylic acid groups (broad SMARTS) is 1. The fraction of sp³-hybridized carbons (Fsp3) is 0.200. The fourth-order valence-electron chi connectivity index (χ4n) is 1.15. The molecule has 0 unspecified atom stereocenters. The Hall–Kier alpha value is -1.91. The second-order valence-electron chi connectivity index (χ2n) is 3.39. The standard InChI is InChI=1S/C10H12N2O6S2/c1-18-10(15)12-20(16,17)11-6-8-7(4-5-19-8)2-3-9(13)14/h2-5,11H,6H2,1H3,(H,12,15)(H,13,14)/b3-2+. The van der Waals surface area contributed by atoms with Crippen molar-refractivity contribution in [3.8, 4) is 0 Å². The summed E-state index contributed by atoms with van der Waals surface area (Å²) in [6, 6.07) is 1.65. The average Bonchev–Trinajstić information content (AvgIpc) is 2.81. The molecule has 10 heteroatoms. The number of ether oxygens (including phenoxy) is 1. The zero-order chi connectivity index (χ0) is 15.2. The summed E-state index contributed by atoms with van der Waals surface area (Å²) >= 11 is 1.25. The number of carbonyl (C=O) groups excluding carboxylic acids is 1. The molecule has 0 bridgehead atoms. The molecule has 0 fully saturated rings. The van der Waals surface area contributed by atoms with Gasteiger partial charge in [-0.15, -0.1) is 11.3 Å². The molecule has 20 heavy (non-hydrogen) atoms. The number of amides is 1. The van der Waals surface area contributed by atoms with Gasteiger partial charge in [0.15, 0.2) is 0 Å². The second kappa shape index (κ2) is 7.03. The Labute approximate surface area is 119 Å². The first kappa shape index (κ1) is 16.1. The first-order valence-corrected chi connectivity index (χ1v) is 7.53. The molecule has 0 saturated carbocycles. The third kappa shape index (κ3) is 5.38. The van der Waals surface area contributed by atoms with Crippen LogP contribution in [0.25, 0.3) is 6.08 Å². The van der Waals surface area contributed by atoms with Crippen LogP contribution in [-0.2, 0) is 26.3 Å². The van der Waals surface area contributed by atoms with Crippen LogP contribution in [0.4, 0.5) is 4.79 Å². The van der Waals surface area contributed by atoms with Gasteiger partial charge in [-0.25, -0.2) is 14.3 Å². The molecule has 1 aromatic heterocycles. The van der Waals surface area contributed by atoms with Crippen molar-refractivity contribution in [1.82, 2.24) is 9.44 Å². The highest BCUT2D eigenvalue weighted by molar-refractivity contribution is 7.88. The molecule has 0 aliphatic carbocycles. The van der Waals surface area contributed by atoms with Gasteiger partial charge in [0, 0.05) is 17.5 Å². The van der Waals surface area contributed by atoms with Crippen molar-refractivity contribution in [3.63, 3.8) is 0 Å². The number of rotatable bonds is 6. The van der Waals surface area contributed by atoms with Gasteiger partial charge in [0.05, 0.1) is 7.11 Å². The molecule has 0 radical (unpaired) electrons. The van der Waals surface area contributed by atoms with E-state index in [2.05, 4.69) is 9.46 Å². The molecular formula is C10H12N2O6S2. The second-order valence-corrected chi connectivity index (χ2v) is 5.89. The summed E-state index contributed by atoms with van der Waals surface area (Å²) in [5.74, 6) is -1.10. The van der Waals surface area contributed by atoms with Crippen LogP contribution in [0.1, 0.15) is 10.4 Å². The molecule has 0 spiro atoms. The third-order valence-electron chi connectivity index (χ3n) is 2.01. The smallest absolute Gasteiger partial charge is 0.421 e. The van der Waals surface area contributed by atoms with Crippen molar-refractivity contribution in [2.75, 3.05) is 7.11 Å². The molecule has 110 valence electrons. The topological polar surface area (TPSA) is 122 Å². The minimum Gasteiger partial charge on any atom is -0.478 e. The Kier molecular flexibility index (Phi) is 5.67. The number of carbonyl (C=O) groups is 2. The Morgan fingerprint density at radius 2 is 2.20 bits per heavy atom. The van der Waals surface area contributed by atoms with Crippen LogP contribution in [0.2, 0.25) is 0 Å². The maximum Gasteiger partial charge on any atom is 0.421 e. The third-order valence-corrected chi connectivity index (χ3v) is 3.91. The average molecular weight is 320 g/mol. The molecule has 3 N–H and O–H groups in total. The fourth-order valence-corrected chi connectivity index (χ4v) is 2.76. The summed E-state index contributed by atoms with van der Waals surface area (Å²) in [5, 5.41) is 10.2. The molecule has 0 aliphatic rings. The number of methoxy groups -OCH3 is 1. The molecule has 1 amide bonds. The van der Waals surface area contributed by atoms with Gasteiger partial charge in [-0.05, 0) is 23.1 Å². The summed E-state index contributed by atoms with van der Waals surface area (Å²) in [7, 11) is -2.98. The Morgan fingerprint density at radius 1 is 1.50 bits per heavy atom. The van der Waals surface area contributed by atoms with E-state index in [1.807, 2.05) is 0 Å². The lowest BCUT2D eigenvalue weighted by Crippen LogP contribution is -2.39. The van der Waals surface area contributed by atoms with Crippen molar-refractivity contribution in [2.45, 2.75) is 6.54 Å². The van der Waals surface area contributed by atoms with Crippen LogP contribution in [0.3, 0.4) is 0 Å². The van der Waals surface area contributed by atoms with Gasteiger partial charge in [-0.3, -0.25) is 0 Å². The van der Waals surface area contributed by atoms with Gasteiger partial charge in [0.25, 0.3) is 0 Å². The lowest BCUT2D eigenvalue weighted by molar-refractivity contribution is -0.131. The van der Waals surface area contributed by atoms with Crippen LogP contribution in [0, 0.1) is 0 Å². The maximum atomic E-state index is 11.4. The van der Waals surface area contributed by atoms with Crippen molar-refractivity contribution in [2.24, 2.45) is 0 Å². The van der Waals surface area contributed by atoms with Gasteiger partial charge in [0.1, 0.15) is 0 Å². The summed E-state index contributed by atoms with van der Waals surface area (Å²) < 4.78 is 30.8. The SMILES string of the molecule is COC(=O)NS(=O)(=O)NCc1sccc1/C=C/C(=O)O. The van der Waals surface area contributed by atoms with Crippen LogP contribution in [0.5, 0.6) is 0 Å². The van der Waals surface area contributed by atoms with Crippen LogP contribution >= 0.6 is 11.3 Å². The summed E-state index contributed by atoms with van der Waals surface area (Å²) in [6.07, 6.45) is 1.21. The number of hydrogen-bond donors (Lipinski definition) is 3. The Morgan fingerprint density at radius 3 is 2.80 bits per heavy atom. The summed E-state index contributed by atoms with van der Waals surface area (Å²) in [4.78, 5) is 21.8. The van der Waals surface area contributed by atoms with E-state index >= 15 is 0 Å². The van der Waals surface area contributed by atoms with E-state index in [0.29, 0.717) is 10.4 Å². The molecule has 1 aromatic rings. The van der Waals surface area contributed by atoms with E-state index in [1.165, 1.54) is 17.4 Å². The van der Waals surface area contributed by atoms with E-state index in [4.69, 9.17) is 5.11 Å². The van der Waals surface area contributed by atoms with Crippen molar-refractivity contribution in [3.05, 3.63) is 28.0 Å². The van der Waals surface area contributed by atoms with E-state index in [0.717, 1.165) is 13.2 Å². The van der Waals surface area contributed by atoms with Gasteiger partial charge < -0.3 is 9.84 Å². The van der Waals surface area contributed by atoms with Crippen molar-refractivity contribution in [1.29, 1.82) is 0 Å². The zero-order valence-corrected chi connectivity index (χ0v) is 12.0. The van der Waals surface area contributed by atoms with E-state index < -0.39 is 22.3 Å². The van der Waals surface area contributed by atoms with Crippen molar-refractivity contribution < 1.29 is 27.9 Å². The Balaban J connectivity index is 2.69. The molecule has 0 saturated heterocycles. The molecular weight excluding hydrogens is 308 g/mol. The molecule has 0 atom stereocenters. The normalized spacial score (nSPS) is 11.4. The van der Waals surface area contributed by atoms with E-state index in [9.17, 15) is 18.0 Å². The highest BCUT2D eigenvalue weighted by Gasteiger charge is 2.14. The highest BCUT2D eigenvalue weighted by Crippen LogP contribution is 2.18. The molecule has 1 rings (SSSR count). The quantitative estimate of drug-likeness (QED) is 0.658. The predicted octanol–water partition coefficient (Wildman–Crippen LogP) is 0.536. The zero-order valence-electron chi connectivity index (χ0n) is 10.3. The van der Waals surface area contributed by atoms with Gasteiger partial charge >= 0.3 is 22.3 Å². The monoisotopic (exact) mass is 320 g/mol. The van der Waals surface area contributed by atoms with Gasteiger partial charge in [-0.2, -0.15) is 13.1 Å².